The first-order valence-corrected chi connectivity index (χ1v) is 9.18. The van der Waals surface area contributed by atoms with Gasteiger partial charge in [-0.1, -0.05) is 12.1 Å². The van der Waals surface area contributed by atoms with Crippen LogP contribution in [0, 0.1) is 17.6 Å². The number of carbonyl (C=O) groups excluding carboxylic acids is 1. The van der Waals surface area contributed by atoms with Crippen LogP contribution in [0.3, 0.4) is 0 Å². The molecule has 5 nitrogen and oxygen atoms in total. The lowest BCUT2D eigenvalue weighted by atomic mass is 10.1. The first-order chi connectivity index (χ1) is 13.6. The van der Waals surface area contributed by atoms with Crippen molar-refractivity contribution in [3.63, 3.8) is 0 Å². The minimum Gasteiger partial charge on any atom is -0.371 e. The number of nitrogens with one attached hydrogen (secondary N) is 1. The van der Waals surface area contributed by atoms with E-state index in [9.17, 15) is 13.6 Å². The lowest BCUT2D eigenvalue weighted by molar-refractivity contribution is 0.0948. The zero-order valence-corrected chi connectivity index (χ0v) is 15.2. The molecule has 1 saturated heterocycles. The number of carbonyl (C=O) groups is 1. The molecule has 3 aromatic rings. The highest BCUT2D eigenvalue weighted by Crippen LogP contribution is 2.23. The molecule has 1 unspecified atom stereocenters. The van der Waals surface area contributed by atoms with Crippen LogP contribution >= 0.6 is 0 Å². The van der Waals surface area contributed by atoms with Crippen LogP contribution in [0.5, 0.6) is 0 Å². The molecule has 0 spiro atoms. The summed E-state index contributed by atoms with van der Waals surface area (Å²) in [6.07, 6.45) is 3.90. The third-order valence-electron chi connectivity index (χ3n) is 4.97. The number of rotatable bonds is 5. The molecule has 1 N–H and O–H groups in total. The molecule has 0 aliphatic carbocycles. The van der Waals surface area contributed by atoms with Gasteiger partial charge in [0.2, 0.25) is 0 Å². The summed E-state index contributed by atoms with van der Waals surface area (Å²) in [6.45, 7) is 2.22. The van der Waals surface area contributed by atoms with Gasteiger partial charge in [-0.2, -0.15) is 5.10 Å². The highest BCUT2D eigenvalue weighted by Gasteiger charge is 2.23. The van der Waals surface area contributed by atoms with Crippen molar-refractivity contribution in [3.05, 3.63) is 78.1 Å². The second-order valence-electron chi connectivity index (χ2n) is 6.91. The zero-order chi connectivity index (χ0) is 19.5. The van der Waals surface area contributed by atoms with E-state index in [0.717, 1.165) is 25.2 Å². The second kappa shape index (κ2) is 7.80. The zero-order valence-electron chi connectivity index (χ0n) is 15.2. The average Bonchev–Trinajstić information content (AvgIpc) is 3.37. The number of aromatic nitrogens is 2. The Kier molecular flexibility index (Phi) is 5.06. The van der Waals surface area contributed by atoms with Crippen LogP contribution < -0.4 is 10.2 Å². The normalized spacial score (nSPS) is 16.4. The summed E-state index contributed by atoms with van der Waals surface area (Å²) in [5.74, 6) is -0.564. The van der Waals surface area contributed by atoms with Crippen molar-refractivity contribution in [2.45, 2.75) is 6.42 Å². The van der Waals surface area contributed by atoms with Crippen LogP contribution in [-0.4, -0.2) is 35.3 Å². The van der Waals surface area contributed by atoms with Crippen LogP contribution in [0.1, 0.15) is 16.8 Å². The molecule has 0 bridgehead atoms. The van der Waals surface area contributed by atoms with E-state index in [2.05, 4.69) is 15.3 Å². The van der Waals surface area contributed by atoms with Gasteiger partial charge in [0, 0.05) is 31.5 Å². The smallest absolute Gasteiger partial charge is 0.254 e. The van der Waals surface area contributed by atoms with Gasteiger partial charge >= 0.3 is 0 Å². The number of hydrogen-bond donors (Lipinski definition) is 1. The molecule has 28 heavy (non-hydrogen) atoms. The maximum absolute atomic E-state index is 13.9. The monoisotopic (exact) mass is 382 g/mol. The van der Waals surface area contributed by atoms with Gasteiger partial charge in [-0.25, -0.2) is 13.5 Å². The fourth-order valence-electron chi connectivity index (χ4n) is 3.43. The summed E-state index contributed by atoms with van der Waals surface area (Å²) in [5, 5.41) is 7.01. The Morgan fingerprint density at radius 2 is 1.93 bits per heavy atom. The van der Waals surface area contributed by atoms with Gasteiger partial charge in [0.25, 0.3) is 5.91 Å². The molecular formula is C21H20F2N4O. The Labute approximate surface area is 161 Å². The molecule has 1 amide bonds. The number of anilines is 1. The molecule has 1 fully saturated rings. The molecule has 1 aliphatic heterocycles. The predicted octanol–water partition coefficient (Wildman–Crippen LogP) is 3.41. The van der Waals surface area contributed by atoms with Crippen molar-refractivity contribution in [1.82, 2.24) is 15.1 Å². The fraction of sp³-hybridized carbons (Fsp3) is 0.238. The molecule has 7 heteroatoms. The third-order valence-corrected chi connectivity index (χ3v) is 4.97. The standard InChI is InChI=1S/C21H20F2N4O/c22-17-5-7-18(8-6-17)26-10-9-15(13-26)11-24-21(28)16-12-25-27(14-16)20-4-2-1-3-19(20)23/h1-8,12,14-15H,9-11,13H2,(H,24,28). The summed E-state index contributed by atoms with van der Waals surface area (Å²) in [6, 6.07) is 12.7. The van der Waals surface area contributed by atoms with E-state index < -0.39 is 5.82 Å². The maximum atomic E-state index is 13.9. The molecule has 1 atom stereocenters. The summed E-state index contributed by atoms with van der Waals surface area (Å²) in [5.41, 5.74) is 1.67. The maximum Gasteiger partial charge on any atom is 0.254 e. The molecule has 0 saturated carbocycles. The van der Waals surface area contributed by atoms with Crippen molar-refractivity contribution in [2.75, 3.05) is 24.5 Å². The van der Waals surface area contributed by atoms with Crippen molar-refractivity contribution in [3.8, 4) is 5.69 Å². The molecule has 0 radical (unpaired) electrons. The quantitative estimate of drug-likeness (QED) is 0.736. The van der Waals surface area contributed by atoms with Crippen molar-refractivity contribution in [2.24, 2.45) is 5.92 Å². The van der Waals surface area contributed by atoms with Gasteiger partial charge in [0.15, 0.2) is 0 Å². The van der Waals surface area contributed by atoms with E-state index in [0.29, 0.717) is 23.7 Å². The van der Waals surface area contributed by atoms with E-state index in [4.69, 9.17) is 0 Å². The Hall–Kier alpha value is -3.22. The number of nitrogens with zero attached hydrogens (tertiary/aromatic N) is 3. The lowest BCUT2D eigenvalue weighted by Crippen LogP contribution is -2.30. The first kappa shape index (κ1) is 18.2. The first-order valence-electron chi connectivity index (χ1n) is 9.18. The summed E-state index contributed by atoms with van der Waals surface area (Å²) >= 11 is 0. The van der Waals surface area contributed by atoms with Crippen LogP contribution in [0.25, 0.3) is 5.69 Å². The SMILES string of the molecule is O=C(NCC1CCN(c2ccc(F)cc2)C1)c1cnn(-c2ccccc2F)c1. The molecule has 1 aromatic heterocycles. The molecular weight excluding hydrogens is 362 g/mol. The largest absolute Gasteiger partial charge is 0.371 e. The second-order valence-corrected chi connectivity index (χ2v) is 6.91. The molecule has 4 rings (SSSR count). The van der Waals surface area contributed by atoms with Crippen molar-refractivity contribution in [1.29, 1.82) is 0 Å². The van der Waals surface area contributed by atoms with E-state index >= 15 is 0 Å². The van der Waals surface area contributed by atoms with E-state index in [1.54, 1.807) is 30.3 Å². The number of halogens is 2. The van der Waals surface area contributed by atoms with Crippen LogP contribution in [0.4, 0.5) is 14.5 Å². The summed E-state index contributed by atoms with van der Waals surface area (Å²) in [4.78, 5) is 14.6. The number of benzene rings is 2. The van der Waals surface area contributed by atoms with Gasteiger partial charge in [0.05, 0.1) is 11.8 Å². The summed E-state index contributed by atoms with van der Waals surface area (Å²) < 4.78 is 28.3. The van der Waals surface area contributed by atoms with Gasteiger partial charge in [0.1, 0.15) is 17.3 Å². The molecule has 144 valence electrons. The van der Waals surface area contributed by atoms with Crippen LogP contribution in [-0.2, 0) is 0 Å². The van der Waals surface area contributed by atoms with Gasteiger partial charge in [-0.15, -0.1) is 0 Å². The predicted molar refractivity (Wildman–Crippen MR) is 103 cm³/mol. The lowest BCUT2D eigenvalue weighted by Gasteiger charge is -2.18. The third kappa shape index (κ3) is 3.88. The summed E-state index contributed by atoms with van der Waals surface area (Å²) in [7, 11) is 0. The molecule has 2 heterocycles. The minimum atomic E-state index is -0.399. The topological polar surface area (TPSA) is 50.2 Å². The Morgan fingerprint density at radius 1 is 1.14 bits per heavy atom. The number of amides is 1. The number of para-hydroxylation sites is 1. The van der Waals surface area contributed by atoms with Crippen LogP contribution in [0.15, 0.2) is 60.9 Å². The Balaban J connectivity index is 1.33. The number of hydrogen-bond acceptors (Lipinski definition) is 3. The highest BCUT2D eigenvalue weighted by molar-refractivity contribution is 5.93. The van der Waals surface area contributed by atoms with Crippen molar-refractivity contribution < 1.29 is 13.6 Å². The van der Waals surface area contributed by atoms with E-state index in [-0.39, 0.29) is 11.7 Å². The average molecular weight is 382 g/mol. The van der Waals surface area contributed by atoms with Gasteiger partial charge in [-0.3, -0.25) is 4.79 Å². The Morgan fingerprint density at radius 3 is 2.71 bits per heavy atom. The minimum absolute atomic E-state index is 0.233. The van der Waals surface area contributed by atoms with Crippen LogP contribution in [0.2, 0.25) is 0 Å². The van der Waals surface area contributed by atoms with Gasteiger partial charge in [-0.05, 0) is 48.7 Å². The fourth-order valence-corrected chi connectivity index (χ4v) is 3.43. The van der Waals surface area contributed by atoms with E-state index in [1.807, 2.05) is 0 Å². The highest BCUT2D eigenvalue weighted by atomic mass is 19.1. The molecule has 1 aliphatic rings. The Bertz CT molecular complexity index is 971. The van der Waals surface area contributed by atoms with E-state index in [1.165, 1.54) is 35.3 Å². The van der Waals surface area contributed by atoms with Gasteiger partial charge < -0.3 is 10.2 Å². The molecule has 2 aromatic carbocycles. The van der Waals surface area contributed by atoms with Crippen molar-refractivity contribution >= 4 is 11.6 Å².